The summed E-state index contributed by atoms with van der Waals surface area (Å²) in [4.78, 5) is 2.58. The van der Waals surface area contributed by atoms with Crippen LogP contribution in [0.15, 0.2) is 18.2 Å². The fraction of sp³-hybridized carbons (Fsp3) is 0.625. The number of rotatable bonds is 6. The molecule has 4 nitrogen and oxygen atoms in total. The highest BCUT2D eigenvalue weighted by atomic mass is 16.3. The van der Waals surface area contributed by atoms with Gasteiger partial charge in [-0.1, -0.05) is 12.5 Å². The summed E-state index contributed by atoms with van der Waals surface area (Å²) in [5.74, 6) is -0.112. The number of nitrogens with one attached hydrogen (secondary N) is 1. The van der Waals surface area contributed by atoms with Crippen molar-refractivity contribution >= 4 is 0 Å². The molecule has 4 heteroatoms. The van der Waals surface area contributed by atoms with Crippen LogP contribution in [0.1, 0.15) is 38.2 Å². The summed E-state index contributed by atoms with van der Waals surface area (Å²) in [5, 5.41) is 22.0. The van der Waals surface area contributed by atoms with Crippen molar-refractivity contribution in [3.05, 3.63) is 23.8 Å². The van der Waals surface area contributed by atoms with E-state index in [-0.39, 0.29) is 11.5 Å². The van der Waals surface area contributed by atoms with Gasteiger partial charge < -0.3 is 20.4 Å². The number of phenols is 2. The number of phenolic OH excluding ortho intramolecular Hbond substituents is 2. The van der Waals surface area contributed by atoms with Crippen molar-refractivity contribution in [2.75, 3.05) is 19.6 Å². The molecule has 1 atom stereocenters. The minimum atomic E-state index is -0.0622. The van der Waals surface area contributed by atoms with Crippen LogP contribution in [0.5, 0.6) is 11.5 Å². The fourth-order valence-electron chi connectivity index (χ4n) is 2.81. The summed E-state index contributed by atoms with van der Waals surface area (Å²) in [5.41, 5.74) is 0.992. The number of aromatic hydroxyl groups is 2. The molecule has 0 radical (unpaired) electrons. The van der Waals surface area contributed by atoms with Gasteiger partial charge in [-0.15, -0.1) is 0 Å². The Balaban J connectivity index is 1.62. The first-order valence-electron chi connectivity index (χ1n) is 7.62. The quantitative estimate of drug-likeness (QED) is 0.552. The van der Waals surface area contributed by atoms with Crippen LogP contribution in [0.4, 0.5) is 0 Å². The molecular weight excluding hydrogens is 252 g/mol. The highest BCUT2D eigenvalue weighted by Crippen LogP contribution is 2.24. The average Bonchev–Trinajstić information content (AvgIpc) is 2.44. The van der Waals surface area contributed by atoms with Crippen molar-refractivity contribution in [2.45, 2.75) is 45.2 Å². The van der Waals surface area contributed by atoms with Crippen molar-refractivity contribution in [1.82, 2.24) is 10.2 Å². The van der Waals surface area contributed by atoms with Gasteiger partial charge in [-0.3, -0.25) is 0 Å². The predicted molar refractivity (Wildman–Crippen MR) is 81.0 cm³/mol. The first kappa shape index (κ1) is 15.1. The van der Waals surface area contributed by atoms with Crippen molar-refractivity contribution in [3.63, 3.8) is 0 Å². The number of hydrogen-bond acceptors (Lipinski definition) is 4. The van der Waals surface area contributed by atoms with Crippen molar-refractivity contribution in [2.24, 2.45) is 0 Å². The van der Waals surface area contributed by atoms with Gasteiger partial charge in [0.2, 0.25) is 0 Å². The largest absolute Gasteiger partial charge is 0.504 e. The van der Waals surface area contributed by atoms with E-state index in [0.29, 0.717) is 0 Å². The number of benzene rings is 1. The summed E-state index contributed by atoms with van der Waals surface area (Å²) < 4.78 is 0. The lowest BCUT2D eigenvalue weighted by Crippen LogP contribution is -2.38. The molecule has 0 amide bonds. The topological polar surface area (TPSA) is 55.7 Å². The second kappa shape index (κ2) is 7.50. The van der Waals surface area contributed by atoms with E-state index < -0.39 is 0 Å². The molecule has 0 aliphatic carbocycles. The third-order valence-corrected chi connectivity index (χ3v) is 4.11. The van der Waals surface area contributed by atoms with E-state index in [1.54, 1.807) is 6.07 Å². The Bertz CT molecular complexity index is 423. The summed E-state index contributed by atoms with van der Waals surface area (Å²) >= 11 is 0. The van der Waals surface area contributed by atoms with Gasteiger partial charge >= 0.3 is 0 Å². The lowest BCUT2D eigenvalue weighted by molar-refractivity contribution is 0.159. The van der Waals surface area contributed by atoms with Gasteiger partial charge in [0, 0.05) is 12.6 Å². The second-order valence-corrected chi connectivity index (χ2v) is 5.73. The van der Waals surface area contributed by atoms with Crippen LogP contribution in [0, 0.1) is 0 Å². The monoisotopic (exact) mass is 278 g/mol. The molecule has 1 unspecified atom stereocenters. The molecule has 1 saturated heterocycles. The summed E-state index contributed by atoms with van der Waals surface area (Å²) in [7, 11) is 0. The maximum Gasteiger partial charge on any atom is 0.157 e. The maximum atomic E-state index is 9.42. The van der Waals surface area contributed by atoms with E-state index in [4.69, 9.17) is 0 Å². The second-order valence-electron chi connectivity index (χ2n) is 5.73. The molecule has 0 aromatic heterocycles. The Labute approximate surface area is 121 Å². The van der Waals surface area contributed by atoms with E-state index in [0.717, 1.165) is 37.7 Å². The molecule has 1 heterocycles. The third-order valence-electron chi connectivity index (χ3n) is 4.11. The van der Waals surface area contributed by atoms with Gasteiger partial charge in [0.05, 0.1) is 0 Å². The zero-order valence-electron chi connectivity index (χ0n) is 12.3. The number of hydrogen-bond donors (Lipinski definition) is 3. The van der Waals surface area contributed by atoms with Gasteiger partial charge in [0.1, 0.15) is 0 Å². The minimum absolute atomic E-state index is 0.0496. The van der Waals surface area contributed by atoms with Gasteiger partial charge in [-0.05, 0) is 63.5 Å². The van der Waals surface area contributed by atoms with E-state index in [2.05, 4.69) is 17.1 Å². The highest BCUT2D eigenvalue weighted by Gasteiger charge is 2.16. The molecule has 112 valence electrons. The summed E-state index contributed by atoms with van der Waals surface area (Å²) in [6.45, 7) is 6.43. The normalized spacial score (nSPS) is 20.1. The Morgan fingerprint density at radius 2 is 2.10 bits per heavy atom. The van der Waals surface area contributed by atoms with Gasteiger partial charge in [-0.25, -0.2) is 0 Å². The number of nitrogens with zero attached hydrogens (tertiary/aromatic N) is 1. The third kappa shape index (κ3) is 4.39. The van der Waals surface area contributed by atoms with E-state index in [1.165, 1.54) is 31.9 Å². The molecule has 2 rings (SSSR count). The summed E-state index contributed by atoms with van der Waals surface area (Å²) in [6, 6.07) is 5.70. The lowest BCUT2D eigenvalue weighted by Gasteiger charge is -2.33. The Hall–Kier alpha value is -1.26. The molecule has 0 bridgehead atoms. The van der Waals surface area contributed by atoms with Crippen LogP contribution < -0.4 is 5.32 Å². The Morgan fingerprint density at radius 3 is 2.85 bits per heavy atom. The lowest BCUT2D eigenvalue weighted by atomic mass is 10.0. The van der Waals surface area contributed by atoms with Crippen molar-refractivity contribution in [3.8, 4) is 11.5 Å². The predicted octanol–water partition coefficient (Wildman–Crippen LogP) is 2.45. The van der Waals surface area contributed by atoms with Gasteiger partial charge in [-0.2, -0.15) is 0 Å². The molecule has 20 heavy (non-hydrogen) atoms. The van der Waals surface area contributed by atoms with Gasteiger partial charge in [0.15, 0.2) is 11.5 Å². The van der Waals surface area contributed by atoms with Crippen LogP contribution in [0.3, 0.4) is 0 Å². The molecule has 1 aromatic carbocycles. The standard InChI is InChI=1S/C16H26N2O2/c1-13-5-2-3-9-18(13)10-4-8-17-12-14-6-7-15(19)16(20)11-14/h6-7,11,13,17,19-20H,2-5,8-10,12H2,1H3. The first-order chi connectivity index (χ1) is 9.66. The van der Waals surface area contributed by atoms with Crippen molar-refractivity contribution in [1.29, 1.82) is 0 Å². The number of likely N-dealkylation sites (tertiary alicyclic amines) is 1. The van der Waals surface area contributed by atoms with Crippen LogP contribution in [-0.4, -0.2) is 40.8 Å². The number of piperidine rings is 1. The molecule has 0 spiro atoms. The van der Waals surface area contributed by atoms with E-state index in [1.807, 2.05) is 6.07 Å². The first-order valence-corrected chi connectivity index (χ1v) is 7.62. The Morgan fingerprint density at radius 1 is 1.25 bits per heavy atom. The SMILES string of the molecule is CC1CCCCN1CCCNCc1ccc(O)c(O)c1. The van der Waals surface area contributed by atoms with Crippen LogP contribution >= 0.6 is 0 Å². The maximum absolute atomic E-state index is 9.42. The highest BCUT2D eigenvalue weighted by molar-refractivity contribution is 5.40. The van der Waals surface area contributed by atoms with Crippen molar-refractivity contribution < 1.29 is 10.2 Å². The molecule has 1 aromatic rings. The Kier molecular flexibility index (Phi) is 5.68. The smallest absolute Gasteiger partial charge is 0.157 e. The van der Waals surface area contributed by atoms with Crippen LogP contribution in [0.2, 0.25) is 0 Å². The zero-order valence-corrected chi connectivity index (χ0v) is 12.3. The zero-order chi connectivity index (χ0) is 14.4. The molecule has 0 saturated carbocycles. The minimum Gasteiger partial charge on any atom is -0.504 e. The van der Waals surface area contributed by atoms with E-state index in [9.17, 15) is 10.2 Å². The fourth-order valence-corrected chi connectivity index (χ4v) is 2.81. The molecule has 1 aliphatic heterocycles. The van der Waals surface area contributed by atoms with E-state index >= 15 is 0 Å². The van der Waals surface area contributed by atoms with Crippen LogP contribution in [0.25, 0.3) is 0 Å². The molecule has 1 fully saturated rings. The van der Waals surface area contributed by atoms with Crippen LogP contribution in [-0.2, 0) is 6.54 Å². The average molecular weight is 278 g/mol. The molecule has 3 N–H and O–H groups in total. The summed E-state index contributed by atoms with van der Waals surface area (Å²) in [6.07, 6.45) is 5.19. The molecule has 1 aliphatic rings. The van der Waals surface area contributed by atoms with Gasteiger partial charge in [0.25, 0.3) is 0 Å². The molecular formula is C16H26N2O2.